The van der Waals surface area contributed by atoms with Crippen molar-refractivity contribution in [3.05, 3.63) is 0 Å². The van der Waals surface area contributed by atoms with Crippen LogP contribution >= 0.6 is 12.4 Å². The molecule has 0 aromatic rings. The Morgan fingerprint density at radius 1 is 1.09 bits per heavy atom. The van der Waals surface area contributed by atoms with Gasteiger partial charge in [-0.05, 0) is 12.8 Å². The van der Waals surface area contributed by atoms with E-state index in [4.69, 9.17) is 5.11 Å². The summed E-state index contributed by atoms with van der Waals surface area (Å²) < 4.78 is 0. The van der Waals surface area contributed by atoms with Gasteiger partial charge in [-0.25, -0.2) is 4.79 Å². The largest absolute Gasteiger partial charge is 0.465 e. The summed E-state index contributed by atoms with van der Waals surface area (Å²) in [6.45, 7) is 1.46. The van der Waals surface area contributed by atoms with E-state index in [9.17, 15) is 4.79 Å². The number of nitrogens with zero attached hydrogens (tertiary/aromatic N) is 1. The molecular formula is C7H14ClNO2. The van der Waals surface area contributed by atoms with E-state index < -0.39 is 6.09 Å². The van der Waals surface area contributed by atoms with Crippen molar-refractivity contribution in [1.82, 2.24) is 4.90 Å². The zero-order chi connectivity index (χ0) is 7.40. The van der Waals surface area contributed by atoms with Crippen molar-refractivity contribution in [2.75, 3.05) is 13.1 Å². The van der Waals surface area contributed by atoms with Gasteiger partial charge in [0.25, 0.3) is 0 Å². The first-order valence-electron chi connectivity index (χ1n) is 3.78. The Morgan fingerprint density at radius 3 is 1.91 bits per heavy atom. The zero-order valence-electron chi connectivity index (χ0n) is 6.45. The summed E-state index contributed by atoms with van der Waals surface area (Å²) >= 11 is 0. The van der Waals surface area contributed by atoms with E-state index in [0.29, 0.717) is 0 Å². The molecule has 0 aromatic carbocycles. The second kappa shape index (κ2) is 5.24. The molecule has 1 amide bonds. The molecule has 66 valence electrons. The van der Waals surface area contributed by atoms with E-state index in [1.807, 2.05) is 0 Å². The minimum Gasteiger partial charge on any atom is -0.465 e. The highest BCUT2D eigenvalue weighted by atomic mass is 35.5. The third-order valence-electron chi connectivity index (χ3n) is 1.88. The highest BCUT2D eigenvalue weighted by Crippen LogP contribution is 2.08. The van der Waals surface area contributed by atoms with Crippen LogP contribution in [0.5, 0.6) is 0 Å². The van der Waals surface area contributed by atoms with E-state index in [1.165, 1.54) is 17.7 Å². The number of carboxylic acid groups (broad SMARTS) is 1. The lowest BCUT2D eigenvalue weighted by molar-refractivity contribution is 0.147. The minimum absolute atomic E-state index is 0. The van der Waals surface area contributed by atoms with E-state index in [2.05, 4.69) is 0 Å². The van der Waals surface area contributed by atoms with Crippen LogP contribution < -0.4 is 0 Å². The summed E-state index contributed by atoms with van der Waals surface area (Å²) in [5.74, 6) is 0. The summed E-state index contributed by atoms with van der Waals surface area (Å²) in [5.41, 5.74) is 0. The van der Waals surface area contributed by atoms with Gasteiger partial charge in [0.15, 0.2) is 0 Å². The van der Waals surface area contributed by atoms with Gasteiger partial charge in [0.2, 0.25) is 0 Å². The summed E-state index contributed by atoms with van der Waals surface area (Å²) in [5, 5.41) is 8.59. The molecule has 0 radical (unpaired) electrons. The number of hydrogen-bond acceptors (Lipinski definition) is 1. The van der Waals surface area contributed by atoms with Crippen LogP contribution in [0, 0.1) is 0 Å². The average Bonchev–Trinajstić information content (AvgIpc) is 2.12. The van der Waals surface area contributed by atoms with Crippen molar-refractivity contribution in [3.8, 4) is 0 Å². The first-order valence-corrected chi connectivity index (χ1v) is 3.78. The number of carbonyl (C=O) groups is 1. The first kappa shape index (κ1) is 10.6. The number of amides is 1. The van der Waals surface area contributed by atoms with Gasteiger partial charge in [0.1, 0.15) is 0 Å². The molecule has 1 rings (SSSR count). The van der Waals surface area contributed by atoms with Gasteiger partial charge in [0.05, 0.1) is 0 Å². The maximum Gasteiger partial charge on any atom is 0.407 e. The monoisotopic (exact) mass is 179 g/mol. The molecule has 11 heavy (non-hydrogen) atoms. The lowest BCUT2D eigenvalue weighted by Crippen LogP contribution is -2.29. The van der Waals surface area contributed by atoms with E-state index in [-0.39, 0.29) is 12.4 Å². The molecule has 1 aliphatic heterocycles. The van der Waals surface area contributed by atoms with Crippen LogP contribution in [0.25, 0.3) is 0 Å². The van der Waals surface area contributed by atoms with E-state index >= 15 is 0 Å². The van der Waals surface area contributed by atoms with Crippen molar-refractivity contribution >= 4 is 18.5 Å². The molecular weight excluding hydrogens is 166 g/mol. The second-order valence-corrected chi connectivity index (χ2v) is 2.68. The molecule has 0 bridgehead atoms. The van der Waals surface area contributed by atoms with Gasteiger partial charge >= 0.3 is 6.09 Å². The lowest BCUT2D eigenvalue weighted by Gasteiger charge is -2.14. The summed E-state index contributed by atoms with van der Waals surface area (Å²) in [6, 6.07) is 0. The Labute approximate surface area is 72.8 Å². The molecule has 1 saturated heterocycles. The topological polar surface area (TPSA) is 40.5 Å². The van der Waals surface area contributed by atoms with Crippen LogP contribution in [0.15, 0.2) is 0 Å². The van der Waals surface area contributed by atoms with Gasteiger partial charge in [-0.3, -0.25) is 0 Å². The third-order valence-corrected chi connectivity index (χ3v) is 1.88. The smallest absolute Gasteiger partial charge is 0.407 e. The van der Waals surface area contributed by atoms with Crippen LogP contribution in [0.1, 0.15) is 25.7 Å². The Hall–Kier alpha value is -0.440. The second-order valence-electron chi connectivity index (χ2n) is 2.68. The molecule has 1 fully saturated rings. The summed E-state index contributed by atoms with van der Waals surface area (Å²) in [4.78, 5) is 11.9. The fourth-order valence-electron chi connectivity index (χ4n) is 1.26. The Bertz CT molecular complexity index is 122. The van der Waals surface area contributed by atoms with Gasteiger partial charge in [-0.2, -0.15) is 0 Å². The lowest BCUT2D eigenvalue weighted by atomic mass is 10.2. The van der Waals surface area contributed by atoms with Crippen LogP contribution in [0.4, 0.5) is 4.79 Å². The highest BCUT2D eigenvalue weighted by Gasteiger charge is 2.12. The average molecular weight is 180 g/mol. The van der Waals surface area contributed by atoms with E-state index in [1.54, 1.807) is 0 Å². The molecule has 1 N–H and O–H groups in total. The molecule has 1 heterocycles. The highest BCUT2D eigenvalue weighted by molar-refractivity contribution is 5.85. The number of hydrogen-bond donors (Lipinski definition) is 1. The van der Waals surface area contributed by atoms with Gasteiger partial charge in [-0.1, -0.05) is 12.8 Å². The normalized spacial score (nSPS) is 18.4. The fraction of sp³-hybridized carbons (Fsp3) is 0.857. The van der Waals surface area contributed by atoms with Gasteiger partial charge in [0, 0.05) is 13.1 Å². The van der Waals surface area contributed by atoms with Crippen LogP contribution in [0.2, 0.25) is 0 Å². The van der Waals surface area contributed by atoms with Gasteiger partial charge in [-0.15, -0.1) is 12.4 Å². The zero-order valence-corrected chi connectivity index (χ0v) is 7.27. The van der Waals surface area contributed by atoms with E-state index in [0.717, 1.165) is 25.9 Å². The van der Waals surface area contributed by atoms with Crippen molar-refractivity contribution in [1.29, 1.82) is 0 Å². The maximum atomic E-state index is 10.4. The fourth-order valence-corrected chi connectivity index (χ4v) is 1.26. The third kappa shape index (κ3) is 3.46. The van der Waals surface area contributed by atoms with Gasteiger partial charge < -0.3 is 10.0 Å². The standard InChI is InChI=1S/C7H13NO2.ClH/c9-7(10)8-5-3-1-2-4-6-8;/h1-6H2,(H,9,10);1H. The van der Waals surface area contributed by atoms with Crippen molar-refractivity contribution in [2.24, 2.45) is 0 Å². The first-order chi connectivity index (χ1) is 4.80. The quantitative estimate of drug-likeness (QED) is 0.618. The number of rotatable bonds is 0. The molecule has 0 aliphatic carbocycles. The molecule has 0 unspecified atom stereocenters. The molecule has 4 heteroatoms. The predicted octanol–water partition coefficient (Wildman–Crippen LogP) is 1.96. The molecule has 0 spiro atoms. The van der Waals surface area contributed by atoms with Crippen LogP contribution in [-0.2, 0) is 0 Å². The minimum atomic E-state index is -0.762. The van der Waals surface area contributed by atoms with Crippen LogP contribution in [0.3, 0.4) is 0 Å². The number of likely N-dealkylation sites (tertiary alicyclic amines) is 1. The molecule has 0 atom stereocenters. The Morgan fingerprint density at radius 2 is 1.55 bits per heavy atom. The summed E-state index contributed by atoms with van der Waals surface area (Å²) in [6.07, 6.45) is 3.67. The van der Waals surface area contributed by atoms with Crippen LogP contribution in [-0.4, -0.2) is 29.2 Å². The number of halogens is 1. The molecule has 0 saturated carbocycles. The SMILES string of the molecule is Cl.O=C(O)N1CCCCCC1. The van der Waals surface area contributed by atoms with Crippen molar-refractivity contribution in [2.45, 2.75) is 25.7 Å². The maximum absolute atomic E-state index is 10.4. The Balaban J connectivity index is 0.000001000. The molecule has 3 nitrogen and oxygen atoms in total. The summed E-state index contributed by atoms with van der Waals surface area (Å²) in [7, 11) is 0. The molecule has 0 aromatic heterocycles. The predicted molar refractivity (Wildman–Crippen MR) is 45.3 cm³/mol. The van der Waals surface area contributed by atoms with Crippen molar-refractivity contribution in [3.63, 3.8) is 0 Å². The molecule has 1 aliphatic rings. The Kier molecular flexibility index (Phi) is 5.03. The van der Waals surface area contributed by atoms with Crippen molar-refractivity contribution < 1.29 is 9.90 Å².